The molecule has 6 aromatic carbocycles. The third kappa shape index (κ3) is 4.23. The van der Waals surface area contributed by atoms with Gasteiger partial charge in [-0.3, -0.25) is 0 Å². The molecule has 0 bridgehead atoms. The lowest BCUT2D eigenvalue weighted by atomic mass is 9.80. The number of nitrogens with one attached hydrogen (secondary N) is 1. The largest absolute Gasteiger partial charge is 0.374 e. The molecule has 1 heteroatoms. The van der Waals surface area contributed by atoms with E-state index in [1.165, 1.54) is 66.4 Å². The molecule has 8 rings (SSSR count). The van der Waals surface area contributed by atoms with Crippen LogP contribution in [0.1, 0.15) is 47.7 Å². The number of dihydropyridines is 1. The van der Waals surface area contributed by atoms with E-state index in [-0.39, 0.29) is 11.5 Å². The van der Waals surface area contributed by atoms with Crippen LogP contribution >= 0.6 is 0 Å². The third-order valence-corrected chi connectivity index (χ3v) is 9.31. The molecule has 1 unspecified atom stereocenters. The lowest BCUT2D eigenvalue weighted by Gasteiger charge is -2.29. The summed E-state index contributed by atoms with van der Waals surface area (Å²) >= 11 is 0. The van der Waals surface area contributed by atoms with Crippen molar-refractivity contribution < 1.29 is 0 Å². The second-order valence-electron chi connectivity index (χ2n) is 12.2. The molecule has 0 fully saturated rings. The van der Waals surface area contributed by atoms with Gasteiger partial charge in [0.15, 0.2) is 0 Å². The monoisotopic (exact) mass is 551 g/mol. The van der Waals surface area contributed by atoms with Crippen molar-refractivity contribution in [3.05, 3.63) is 179 Å². The Labute approximate surface area is 253 Å². The number of fused-ring (bicyclic) bond motifs is 4. The summed E-state index contributed by atoms with van der Waals surface area (Å²) in [5.74, 6) is 0. The van der Waals surface area contributed by atoms with Gasteiger partial charge in [0.1, 0.15) is 0 Å². The van der Waals surface area contributed by atoms with Crippen molar-refractivity contribution in [2.24, 2.45) is 0 Å². The second-order valence-corrected chi connectivity index (χ2v) is 12.2. The summed E-state index contributed by atoms with van der Waals surface area (Å²) in [6.45, 7) is 4.74. The maximum Gasteiger partial charge on any atom is 0.0719 e. The predicted octanol–water partition coefficient (Wildman–Crippen LogP) is 10.6. The average molecular weight is 552 g/mol. The van der Waals surface area contributed by atoms with Crippen molar-refractivity contribution >= 4 is 22.0 Å². The molecule has 0 aromatic heterocycles. The average Bonchev–Trinajstić information content (AvgIpc) is 3.30. The van der Waals surface area contributed by atoms with Gasteiger partial charge >= 0.3 is 0 Å². The van der Waals surface area contributed by atoms with Gasteiger partial charge < -0.3 is 5.32 Å². The Balaban J connectivity index is 1.34. The predicted molar refractivity (Wildman–Crippen MR) is 182 cm³/mol. The van der Waals surface area contributed by atoms with Gasteiger partial charge in [-0.15, -0.1) is 0 Å². The molecule has 1 aliphatic carbocycles. The summed E-state index contributed by atoms with van der Waals surface area (Å²) in [5.41, 5.74) is 14.1. The number of hydrogen-bond donors (Lipinski definition) is 1. The second kappa shape index (κ2) is 10.00. The van der Waals surface area contributed by atoms with Gasteiger partial charge in [-0.05, 0) is 84.6 Å². The first-order valence-corrected chi connectivity index (χ1v) is 15.2. The van der Waals surface area contributed by atoms with Crippen molar-refractivity contribution in [3.8, 4) is 22.3 Å². The van der Waals surface area contributed by atoms with E-state index >= 15 is 0 Å². The van der Waals surface area contributed by atoms with Gasteiger partial charge in [-0.2, -0.15) is 0 Å². The van der Waals surface area contributed by atoms with E-state index in [4.69, 9.17) is 0 Å². The highest BCUT2D eigenvalue weighted by Gasteiger charge is 2.38. The summed E-state index contributed by atoms with van der Waals surface area (Å²) in [6, 6.07) is 50.6. The Bertz CT molecular complexity index is 2040. The molecule has 43 heavy (non-hydrogen) atoms. The van der Waals surface area contributed by atoms with Crippen molar-refractivity contribution in [2.75, 3.05) is 0 Å². The molecule has 1 nitrogen and oxygen atoms in total. The van der Waals surface area contributed by atoms with Gasteiger partial charge in [-0.25, -0.2) is 0 Å². The van der Waals surface area contributed by atoms with Crippen LogP contribution in [0.5, 0.6) is 0 Å². The van der Waals surface area contributed by atoms with Crippen molar-refractivity contribution in [2.45, 2.75) is 25.3 Å². The third-order valence-electron chi connectivity index (χ3n) is 9.31. The number of benzene rings is 6. The van der Waals surface area contributed by atoms with E-state index in [2.05, 4.69) is 171 Å². The number of hydrogen-bond acceptors (Lipinski definition) is 1. The molecule has 0 saturated heterocycles. The zero-order chi connectivity index (χ0) is 29.0. The number of allylic oxidation sites excluding steroid dienone is 2. The van der Waals surface area contributed by atoms with E-state index < -0.39 is 0 Å². The van der Waals surface area contributed by atoms with Gasteiger partial charge in [-0.1, -0.05) is 147 Å². The highest BCUT2D eigenvalue weighted by molar-refractivity contribution is 5.99. The minimum atomic E-state index is -0.0721. The molecule has 6 aromatic rings. The van der Waals surface area contributed by atoms with Crippen LogP contribution in [-0.4, -0.2) is 0 Å². The van der Waals surface area contributed by atoms with E-state index in [0.717, 1.165) is 5.70 Å². The van der Waals surface area contributed by atoms with E-state index in [1.54, 1.807) is 0 Å². The summed E-state index contributed by atoms with van der Waals surface area (Å²) < 4.78 is 0. The van der Waals surface area contributed by atoms with Crippen LogP contribution < -0.4 is 5.32 Å². The molecule has 1 aliphatic heterocycles. The Hall–Kier alpha value is -5.14. The minimum absolute atomic E-state index is 0.00851. The van der Waals surface area contributed by atoms with Crippen molar-refractivity contribution in [3.63, 3.8) is 0 Å². The van der Waals surface area contributed by atoms with Crippen molar-refractivity contribution in [1.82, 2.24) is 5.32 Å². The maximum atomic E-state index is 3.99. The fourth-order valence-electron chi connectivity index (χ4n) is 7.11. The van der Waals surface area contributed by atoms with Crippen LogP contribution in [0, 0.1) is 0 Å². The fourth-order valence-corrected chi connectivity index (χ4v) is 7.11. The molecule has 0 saturated carbocycles. The summed E-state index contributed by atoms with van der Waals surface area (Å²) in [5, 5.41) is 6.58. The highest BCUT2D eigenvalue weighted by Crippen LogP contribution is 2.53. The first-order valence-electron chi connectivity index (χ1n) is 15.2. The zero-order valence-electron chi connectivity index (χ0n) is 24.5. The smallest absolute Gasteiger partial charge is 0.0719 e. The number of rotatable bonds is 4. The molecule has 1 atom stereocenters. The van der Waals surface area contributed by atoms with Crippen LogP contribution in [0.2, 0.25) is 0 Å². The normalized spacial score (nSPS) is 16.6. The lowest BCUT2D eigenvalue weighted by molar-refractivity contribution is 0.660. The Morgan fingerprint density at radius 1 is 0.558 bits per heavy atom. The molecular weight excluding hydrogens is 518 g/mol. The maximum absolute atomic E-state index is 3.99. The van der Waals surface area contributed by atoms with E-state index in [1.807, 2.05) is 0 Å². The van der Waals surface area contributed by atoms with Crippen molar-refractivity contribution in [1.29, 1.82) is 0 Å². The lowest BCUT2D eigenvalue weighted by Crippen LogP contribution is -2.23. The van der Waals surface area contributed by atoms with Gasteiger partial charge in [0.05, 0.1) is 6.04 Å². The minimum Gasteiger partial charge on any atom is -0.374 e. The Morgan fingerprint density at radius 3 is 1.93 bits per heavy atom. The quantitative estimate of drug-likeness (QED) is 0.230. The summed E-state index contributed by atoms with van der Waals surface area (Å²) in [7, 11) is 0. The van der Waals surface area contributed by atoms with Crippen LogP contribution in [0.4, 0.5) is 0 Å². The molecule has 0 amide bonds. The molecule has 2 aliphatic rings. The first-order chi connectivity index (χ1) is 21.1. The molecule has 0 radical (unpaired) electrons. The van der Waals surface area contributed by atoms with Gasteiger partial charge in [0, 0.05) is 11.1 Å². The topological polar surface area (TPSA) is 12.0 Å². The molecular formula is C42H33N. The Kier molecular flexibility index (Phi) is 5.94. The molecule has 0 spiro atoms. The van der Waals surface area contributed by atoms with Crippen LogP contribution in [-0.2, 0) is 5.41 Å². The Morgan fingerprint density at radius 2 is 1.16 bits per heavy atom. The summed E-state index contributed by atoms with van der Waals surface area (Å²) in [4.78, 5) is 0. The van der Waals surface area contributed by atoms with E-state index in [9.17, 15) is 0 Å². The zero-order valence-corrected chi connectivity index (χ0v) is 24.5. The fraction of sp³-hybridized carbons (Fsp3) is 0.0952. The van der Waals surface area contributed by atoms with Crippen LogP contribution in [0.15, 0.2) is 152 Å². The first kappa shape index (κ1) is 25.6. The molecule has 1 N–H and O–H groups in total. The highest BCUT2D eigenvalue weighted by atomic mass is 14.9. The van der Waals surface area contributed by atoms with E-state index in [0.29, 0.717) is 0 Å². The van der Waals surface area contributed by atoms with Gasteiger partial charge in [0.25, 0.3) is 0 Å². The summed E-state index contributed by atoms with van der Waals surface area (Å²) in [6.07, 6.45) is 4.74. The standard InChI is InChI=1S/C42H33N/c1-42(2)36-20-12-11-19-35(36)40-37(42)25-32-17-9-10-18-34(32)41(40)39-27-33(26-38(43-39)31-15-7-4-8-16-31)30-23-21-29(22-24-30)28-13-5-3-6-14-28/h3-27,39,43H,1-2H3. The van der Waals surface area contributed by atoms with Crippen LogP contribution in [0.3, 0.4) is 0 Å². The van der Waals surface area contributed by atoms with Gasteiger partial charge in [0.2, 0.25) is 0 Å². The molecule has 1 heterocycles. The van der Waals surface area contributed by atoms with Crippen LogP contribution in [0.25, 0.3) is 44.3 Å². The molecule has 206 valence electrons. The SMILES string of the molecule is CC1(C)c2ccccc2-c2c1cc1ccccc1c2C1C=C(c2ccc(-c3ccccc3)cc2)C=C(c2ccccc2)N1.